The van der Waals surface area contributed by atoms with Gasteiger partial charge < -0.3 is 15.3 Å². The van der Waals surface area contributed by atoms with Gasteiger partial charge >= 0.3 is 5.97 Å². The van der Waals surface area contributed by atoms with Gasteiger partial charge in [-0.05, 0) is 30.2 Å². The quantitative estimate of drug-likeness (QED) is 0.410. The van der Waals surface area contributed by atoms with E-state index in [1.807, 2.05) is 24.0 Å². The molecule has 0 fully saturated rings. The number of nitrogens with one attached hydrogen (secondary N) is 1. The lowest BCUT2D eigenvalue weighted by Crippen LogP contribution is -2.23. The van der Waals surface area contributed by atoms with Crippen molar-refractivity contribution in [1.29, 1.82) is 0 Å². The normalized spacial score (nSPS) is 13.7. The van der Waals surface area contributed by atoms with Crippen LogP contribution in [0.4, 0.5) is 11.6 Å². The van der Waals surface area contributed by atoms with Crippen LogP contribution >= 0.6 is 23.2 Å². The molecule has 172 valence electrons. The molecule has 4 heterocycles. The highest BCUT2D eigenvalue weighted by Crippen LogP contribution is 2.30. The number of rotatable bonds is 5. The van der Waals surface area contributed by atoms with Gasteiger partial charge in [-0.15, -0.1) is 0 Å². The maximum absolute atomic E-state index is 13.0. The first-order valence-corrected chi connectivity index (χ1v) is 11.3. The number of fused-ring (bicyclic) bond motifs is 2. The summed E-state index contributed by atoms with van der Waals surface area (Å²) >= 11 is 12.2. The Morgan fingerprint density at radius 3 is 2.50 bits per heavy atom. The zero-order chi connectivity index (χ0) is 24.0. The van der Waals surface area contributed by atoms with Crippen molar-refractivity contribution in [1.82, 2.24) is 14.4 Å². The third kappa shape index (κ3) is 4.06. The van der Waals surface area contributed by atoms with Crippen LogP contribution in [-0.4, -0.2) is 25.4 Å². The third-order valence-corrected chi connectivity index (χ3v) is 6.23. The van der Waals surface area contributed by atoms with E-state index in [0.29, 0.717) is 35.1 Å². The van der Waals surface area contributed by atoms with Gasteiger partial charge in [0.25, 0.3) is 5.56 Å². The zero-order valence-electron chi connectivity index (χ0n) is 18.0. The van der Waals surface area contributed by atoms with Gasteiger partial charge in [-0.1, -0.05) is 47.5 Å². The summed E-state index contributed by atoms with van der Waals surface area (Å²) in [6.45, 7) is 3.14. The lowest BCUT2D eigenvalue weighted by atomic mass is 10.1. The Kier molecular flexibility index (Phi) is 5.63. The van der Waals surface area contributed by atoms with Crippen molar-refractivity contribution in [3.8, 4) is 0 Å². The summed E-state index contributed by atoms with van der Waals surface area (Å²) in [5.41, 5.74) is 3.12. The lowest BCUT2D eigenvalue weighted by molar-refractivity contribution is 0.0697. The minimum Gasteiger partial charge on any atom is -0.478 e. The van der Waals surface area contributed by atoms with Crippen molar-refractivity contribution < 1.29 is 9.90 Å². The molecule has 34 heavy (non-hydrogen) atoms. The number of carboxylic acids is 1. The number of pyridine rings is 2. The number of carbonyl (C=O) groups is 1. The molecule has 3 aromatic heterocycles. The van der Waals surface area contributed by atoms with E-state index in [1.165, 1.54) is 40.1 Å². The van der Waals surface area contributed by atoms with Gasteiger partial charge in [-0.3, -0.25) is 9.20 Å². The molecule has 0 amide bonds. The van der Waals surface area contributed by atoms with Crippen LogP contribution in [0.2, 0.25) is 10.0 Å². The summed E-state index contributed by atoms with van der Waals surface area (Å²) < 4.78 is 1.40. The van der Waals surface area contributed by atoms with Crippen molar-refractivity contribution in [3.63, 3.8) is 0 Å². The van der Waals surface area contributed by atoms with Crippen molar-refractivity contribution in [3.05, 3.63) is 97.5 Å². The standard InChI is InChI=1S/C24H19Cl2N5O3/c1-13(28-22-19(24(33)34)6-16(25)9-27-22)18-7-17(26)12-31-21(32)8-20(29-23(18)31)30-10-14-4-2-3-5-15(14)11-30/h2-9,12-13H,10-11H2,1H3,(H,27,28)(H,33,34)/t13-/m1/s1. The Morgan fingerprint density at radius 1 is 1.12 bits per heavy atom. The highest BCUT2D eigenvalue weighted by molar-refractivity contribution is 6.31. The van der Waals surface area contributed by atoms with Crippen LogP contribution in [0, 0.1) is 0 Å². The molecule has 0 saturated heterocycles. The summed E-state index contributed by atoms with van der Waals surface area (Å²) in [5.74, 6) is -0.449. The van der Waals surface area contributed by atoms with Gasteiger partial charge in [-0.25, -0.2) is 14.8 Å². The molecule has 8 nitrogen and oxygen atoms in total. The number of halogens is 2. The Bertz CT molecular complexity index is 1480. The molecule has 4 aromatic rings. The molecule has 1 aliphatic rings. The molecule has 1 aromatic carbocycles. The van der Waals surface area contributed by atoms with E-state index in [1.54, 1.807) is 6.07 Å². The molecule has 0 saturated carbocycles. The van der Waals surface area contributed by atoms with Crippen LogP contribution in [0.15, 0.2) is 59.7 Å². The van der Waals surface area contributed by atoms with Crippen molar-refractivity contribution in [2.75, 3.05) is 10.2 Å². The first-order valence-electron chi connectivity index (χ1n) is 10.5. The van der Waals surface area contributed by atoms with Gasteiger partial charge in [0.15, 0.2) is 0 Å². The number of hydrogen-bond donors (Lipinski definition) is 2. The van der Waals surface area contributed by atoms with Gasteiger partial charge in [0.2, 0.25) is 0 Å². The molecule has 10 heteroatoms. The summed E-state index contributed by atoms with van der Waals surface area (Å²) in [6.07, 6.45) is 2.89. The molecule has 0 spiro atoms. The Morgan fingerprint density at radius 2 is 1.82 bits per heavy atom. The fraction of sp³-hybridized carbons (Fsp3) is 0.167. The second-order valence-corrected chi connectivity index (χ2v) is 8.98. The third-order valence-electron chi connectivity index (χ3n) is 5.81. The number of benzene rings is 1. The molecule has 2 N–H and O–H groups in total. The summed E-state index contributed by atoms with van der Waals surface area (Å²) in [4.78, 5) is 35.7. The lowest BCUT2D eigenvalue weighted by Gasteiger charge is -2.21. The van der Waals surface area contributed by atoms with Crippen LogP contribution in [0.25, 0.3) is 5.65 Å². The van der Waals surface area contributed by atoms with E-state index >= 15 is 0 Å². The fourth-order valence-corrected chi connectivity index (χ4v) is 4.53. The summed E-state index contributed by atoms with van der Waals surface area (Å²) in [7, 11) is 0. The van der Waals surface area contributed by atoms with Crippen molar-refractivity contribution in [2.24, 2.45) is 0 Å². The first-order chi connectivity index (χ1) is 16.3. The fourth-order valence-electron chi connectivity index (χ4n) is 4.16. The zero-order valence-corrected chi connectivity index (χ0v) is 19.5. The minimum atomic E-state index is -1.16. The van der Waals surface area contributed by atoms with Crippen LogP contribution in [0.1, 0.15) is 40.0 Å². The van der Waals surface area contributed by atoms with E-state index in [9.17, 15) is 14.7 Å². The molecule has 0 unspecified atom stereocenters. The highest BCUT2D eigenvalue weighted by atomic mass is 35.5. The second-order valence-electron chi connectivity index (χ2n) is 8.11. The first kappa shape index (κ1) is 22.2. The van der Waals surface area contributed by atoms with Gasteiger partial charge in [0.05, 0.1) is 16.1 Å². The molecule has 5 rings (SSSR count). The number of carboxylic acid groups (broad SMARTS) is 1. The monoisotopic (exact) mass is 495 g/mol. The molecule has 1 atom stereocenters. The minimum absolute atomic E-state index is 0.0636. The number of hydrogen-bond acceptors (Lipinski definition) is 6. The number of anilines is 2. The predicted octanol–water partition coefficient (Wildman–Crippen LogP) is 4.79. The summed E-state index contributed by atoms with van der Waals surface area (Å²) in [5, 5.41) is 13.2. The van der Waals surface area contributed by atoms with E-state index in [2.05, 4.69) is 22.4 Å². The highest BCUT2D eigenvalue weighted by Gasteiger charge is 2.23. The maximum atomic E-state index is 13.0. The van der Waals surface area contributed by atoms with E-state index < -0.39 is 12.0 Å². The van der Waals surface area contributed by atoms with E-state index in [0.717, 1.165) is 0 Å². The van der Waals surface area contributed by atoms with Gasteiger partial charge in [-0.2, -0.15) is 0 Å². The predicted molar refractivity (Wildman–Crippen MR) is 131 cm³/mol. The van der Waals surface area contributed by atoms with Crippen LogP contribution in [0.5, 0.6) is 0 Å². The molecular weight excluding hydrogens is 477 g/mol. The molecule has 0 radical (unpaired) electrons. The van der Waals surface area contributed by atoms with Crippen molar-refractivity contribution in [2.45, 2.75) is 26.1 Å². The Balaban J connectivity index is 1.56. The van der Waals surface area contributed by atoms with Crippen LogP contribution in [-0.2, 0) is 13.1 Å². The Hall–Kier alpha value is -3.62. The van der Waals surface area contributed by atoms with Crippen molar-refractivity contribution >= 4 is 46.5 Å². The molecule has 1 aliphatic heterocycles. The number of aromatic carboxylic acids is 1. The Labute approximate surface area is 204 Å². The largest absolute Gasteiger partial charge is 0.478 e. The second kappa shape index (κ2) is 8.62. The smallest absolute Gasteiger partial charge is 0.339 e. The molecule has 0 bridgehead atoms. The molecule has 0 aliphatic carbocycles. The molecular formula is C24H19Cl2N5O3. The SMILES string of the molecule is C[C@@H](Nc1ncc(Cl)cc1C(=O)O)c1cc(Cl)cn2c(=O)cc(N3Cc4ccccc4C3)nc12. The van der Waals surface area contributed by atoms with Gasteiger partial charge in [0, 0.05) is 37.1 Å². The number of nitrogens with zero attached hydrogens (tertiary/aromatic N) is 4. The van der Waals surface area contributed by atoms with E-state index in [4.69, 9.17) is 28.2 Å². The summed E-state index contributed by atoms with van der Waals surface area (Å²) in [6, 6.07) is 12.2. The van der Waals surface area contributed by atoms with E-state index in [-0.39, 0.29) is 22.0 Å². The van der Waals surface area contributed by atoms with Gasteiger partial charge in [0.1, 0.15) is 22.8 Å². The number of aromatic nitrogens is 3. The maximum Gasteiger partial charge on any atom is 0.339 e. The topological polar surface area (TPSA) is 99.8 Å². The van der Waals surface area contributed by atoms with Crippen LogP contribution in [0.3, 0.4) is 0 Å². The average molecular weight is 496 g/mol. The average Bonchev–Trinajstić information content (AvgIpc) is 3.24. The van der Waals surface area contributed by atoms with Crippen LogP contribution < -0.4 is 15.8 Å².